The summed E-state index contributed by atoms with van der Waals surface area (Å²) in [5, 5.41) is 26.1. The number of fused-ring (bicyclic) bond motifs is 3. The molecule has 0 saturated carbocycles. The molecule has 0 bridgehead atoms. The fourth-order valence-electron chi connectivity index (χ4n) is 8.34. The van der Waals surface area contributed by atoms with Gasteiger partial charge in [0.05, 0.1) is 70.0 Å². The Morgan fingerprint density at radius 1 is 0.515 bits per heavy atom. The summed E-state index contributed by atoms with van der Waals surface area (Å²) in [6.07, 6.45) is 14.3. The Hall–Kier alpha value is -6.60. The number of methoxy groups -OCH3 is 2. The second kappa shape index (κ2) is 22.1. The first-order valence-corrected chi connectivity index (χ1v) is 24.8. The maximum Gasteiger partial charge on any atom is 0.137 e. The van der Waals surface area contributed by atoms with Crippen molar-refractivity contribution in [2.24, 2.45) is 0 Å². The number of nitrogens with one attached hydrogen (secondary N) is 2. The van der Waals surface area contributed by atoms with Crippen molar-refractivity contribution in [3.05, 3.63) is 106 Å². The van der Waals surface area contributed by atoms with E-state index >= 15 is 0 Å². The molecule has 66 heavy (non-hydrogen) atoms. The maximum atomic E-state index is 11.1. The quantitative estimate of drug-likeness (QED) is 0.0640. The second-order valence-corrected chi connectivity index (χ2v) is 18.5. The monoisotopic (exact) mass is 916 g/mol. The Morgan fingerprint density at radius 3 is 1.27 bits per heavy atom. The van der Waals surface area contributed by atoms with Crippen LogP contribution in [0.3, 0.4) is 0 Å². The zero-order valence-electron chi connectivity index (χ0n) is 38.2. The number of thiazole rings is 2. The number of nitrogens with zero attached hydrogens (tertiary/aromatic N) is 4. The topological polar surface area (TPSA) is 142 Å². The van der Waals surface area contributed by atoms with Crippen LogP contribution in [-0.2, 0) is 0 Å². The summed E-state index contributed by atoms with van der Waals surface area (Å²) in [4.78, 5) is 17.4. The van der Waals surface area contributed by atoms with Crippen LogP contribution in [-0.4, -0.2) is 47.4 Å². The molecule has 0 aliphatic carbocycles. The van der Waals surface area contributed by atoms with E-state index in [0.717, 1.165) is 90.9 Å². The van der Waals surface area contributed by atoms with Crippen LogP contribution >= 0.6 is 22.7 Å². The summed E-state index contributed by atoms with van der Waals surface area (Å²) in [5.74, 6) is 3.00. The molecule has 10 nitrogen and oxygen atoms in total. The van der Waals surface area contributed by atoms with Crippen molar-refractivity contribution in [1.29, 1.82) is 10.5 Å². The number of unbranched alkanes of at least 4 members (excludes halogenated alkanes) is 10. The summed E-state index contributed by atoms with van der Waals surface area (Å²) < 4.78 is 25.3. The third-order valence-electron chi connectivity index (χ3n) is 11.9. The molecule has 338 valence electrons. The number of ether oxygens (including phenoxy) is 4. The van der Waals surface area contributed by atoms with E-state index < -0.39 is 0 Å². The highest BCUT2D eigenvalue weighted by Crippen LogP contribution is 2.36. The molecule has 0 fully saturated rings. The van der Waals surface area contributed by atoms with Gasteiger partial charge in [0.1, 0.15) is 56.3 Å². The lowest BCUT2D eigenvalue weighted by Crippen LogP contribution is -2.10. The molecule has 4 heterocycles. The first-order valence-electron chi connectivity index (χ1n) is 23.2. The number of H-pyrrole nitrogens is 2. The van der Waals surface area contributed by atoms with Crippen LogP contribution in [0.4, 0.5) is 0 Å². The number of aromatic amines is 2. The van der Waals surface area contributed by atoms with Crippen LogP contribution < -0.4 is 29.6 Å². The molecular weight excluding hydrogens is 861 g/mol. The SMILES string of the molecule is CCCCCCCCOc1ccc(-c2[nH]/c(=C(/C#N)c3nc4ccc(OC)cc4s3)c3c(-c4ccc(OCCCCCCCC)cc4)[nH]/c(=C(/C#N)c4nc5ccc(OC)cc5s4)c23)cc1. The van der Waals surface area contributed by atoms with E-state index in [0.29, 0.717) is 56.6 Å². The minimum atomic E-state index is 0.376. The molecule has 0 radical (unpaired) electrons. The van der Waals surface area contributed by atoms with Gasteiger partial charge in [-0.1, -0.05) is 78.1 Å². The molecule has 0 aliphatic rings. The average molecular weight is 917 g/mol. The molecule has 0 unspecified atom stereocenters. The van der Waals surface area contributed by atoms with Crippen LogP contribution in [0, 0.1) is 22.7 Å². The first-order chi connectivity index (χ1) is 32.5. The van der Waals surface area contributed by atoms with Crippen molar-refractivity contribution in [3.8, 4) is 57.7 Å². The third kappa shape index (κ3) is 10.3. The van der Waals surface area contributed by atoms with E-state index in [2.05, 4.69) is 36.0 Å². The Morgan fingerprint density at radius 2 is 0.894 bits per heavy atom. The van der Waals surface area contributed by atoms with Gasteiger partial charge in [-0.25, -0.2) is 9.97 Å². The van der Waals surface area contributed by atoms with Crippen molar-refractivity contribution in [3.63, 3.8) is 0 Å². The predicted octanol–water partition coefficient (Wildman–Crippen LogP) is 13.0. The molecule has 4 aromatic carbocycles. The van der Waals surface area contributed by atoms with E-state index in [1.54, 1.807) is 14.2 Å². The van der Waals surface area contributed by atoms with Crippen LogP contribution in [0.1, 0.15) is 101 Å². The molecule has 0 saturated heterocycles. The summed E-state index contributed by atoms with van der Waals surface area (Å²) in [6.45, 7) is 5.77. The van der Waals surface area contributed by atoms with Crippen molar-refractivity contribution in [1.82, 2.24) is 19.9 Å². The van der Waals surface area contributed by atoms with Gasteiger partial charge in [-0.2, -0.15) is 10.5 Å². The van der Waals surface area contributed by atoms with E-state index in [9.17, 15) is 10.5 Å². The normalized spacial score (nSPS) is 12.3. The summed E-state index contributed by atoms with van der Waals surface area (Å²) in [7, 11) is 3.27. The lowest BCUT2D eigenvalue weighted by molar-refractivity contribution is 0.304. The van der Waals surface area contributed by atoms with Gasteiger partial charge < -0.3 is 28.9 Å². The van der Waals surface area contributed by atoms with Crippen LogP contribution in [0.15, 0.2) is 84.9 Å². The average Bonchev–Trinajstić information content (AvgIpc) is 4.15. The molecule has 0 aliphatic heterocycles. The number of benzene rings is 4. The molecule has 8 rings (SSSR count). The van der Waals surface area contributed by atoms with Crippen molar-refractivity contribution in [2.75, 3.05) is 27.4 Å². The lowest BCUT2D eigenvalue weighted by atomic mass is 10.0. The molecule has 0 spiro atoms. The van der Waals surface area contributed by atoms with E-state index in [1.807, 2.05) is 84.9 Å². The van der Waals surface area contributed by atoms with Crippen molar-refractivity contribution < 1.29 is 18.9 Å². The van der Waals surface area contributed by atoms with Gasteiger partial charge in [-0.15, -0.1) is 22.7 Å². The minimum Gasteiger partial charge on any atom is -0.497 e. The van der Waals surface area contributed by atoms with Crippen LogP contribution in [0.25, 0.3) is 64.9 Å². The number of hydrogen-bond acceptors (Lipinski definition) is 10. The predicted molar refractivity (Wildman–Crippen MR) is 269 cm³/mol. The fraction of sp³-hybridized carbons (Fsp3) is 0.333. The number of hydrogen-bond donors (Lipinski definition) is 2. The second-order valence-electron chi connectivity index (χ2n) is 16.5. The highest BCUT2D eigenvalue weighted by Gasteiger charge is 2.24. The summed E-state index contributed by atoms with van der Waals surface area (Å²) >= 11 is 2.87. The van der Waals surface area contributed by atoms with Gasteiger partial charge in [-0.3, -0.25) is 0 Å². The Balaban J connectivity index is 1.31. The first kappa shape index (κ1) is 45.9. The largest absolute Gasteiger partial charge is 0.497 e. The molecule has 8 aromatic rings. The number of nitriles is 2. The maximum absolute atomic E-state index is 11.1. The van der Waals surface area contributed by atoms with E-state index in [-0.39, 0.29) is 0 Å². The van der Waals surface area contributed by atoms with Gasteiger partial charge in [0.2, 0.25) is 0 Å². The fourth-order valence-corrected chi connectivity index (χ4v) is 10.3. The highest BCUT2D eigenvalue weighted by atomic mass is 32.1. The zero-order valence-corrected chi connectivity index (χ0v) is 39.9. The molecule has 2 N–H and O–H groups in total. The van der Waals surface area contributed by atoms with Crippen molar-refractivity contribution >= 4 is 65.0 Å². The van der Waals surface area contributed by atoms with Crippen LogP contribution in [0.5, 0.6) is 23.0 Å². The van der Waals surface area contributed by atoms with Gasteiger partial charge in [-0.05, 0) is 109 Å². The van der Waals surface area contributed by atoms with Crippen LogP contribution in [0.2, 0.25) is 0 Å². The van der Waals surface area contributed by atoms with Gasteiger partial charge in [0.25, 0.3) is 0 Å². The molecular formula is C54H56N6O4S2. The summed E-state index contributed by atoms with van der Waals surface area (Å²) in [6, 6.07) is 32.6. The lowest BCUT2D eigenvalue weighted by Gasteiger charge is -2.07. The van der Waals surface area contributed by atoms with E-state index in [1.165, 1.54) is 74.0 Å². The van der Waals surface area contributed by atoms with E-state index in [4.69, 9.17) is 28.9 Å². The highest BCUT2D eigenvalue weighted by molar-refractivity contribution is 7.20. The third-order valence-corrected chi connectivity index (χ3v) is 14.0. The molecule has 12 heteroatoms. The molecule has 0 atom stereocenters. The zero-order chi connectivity index (χ0) is 45.8. The standard InChI is InChI=1S/C54H56N6O4S2/c1-5-7-9-11-13-15-29-63-37-21-17-35(18-22-37)49-47-48(52(59-49)42(34-56)54-58-44-28-26-40(62-4)32-46(44)66-54)50(36-19-23-38(24-20-36)64-30-16-14-12-10-8-6-2)60-51(47)41(33-55)53-57-43-27-25-39(61-3)31-45(43)65-53/h17-28,31-32,59-60H,5-16,29-30H2,1-4H3/b51-41-,52-42-. The smallest absolute Gasteiger partial charge is 0.137 e. The Labute approximate surface area is 394 Å². The van der Waals surface area contributed by atoms with Crippen molar-refractivity contribution in [2.45, 2.75) is 90.9 Å². The molecule has 0 amide bonds. The van der Waals surface area contributed by atoms with Gasteiger partial charge >= 0.3 is 0 Å². The summed E-state index contributed by atoms with van der Waals surface area (Å²) in [5.41, 5.74) is 5.49. The van der Waals surface area contributed by atoms with Gasteiger partial charge in [0, 0.05) is 10.8 Å². The number of aromatic nitrogens is 4. The molecule has 4 aromatic heterocycles. The number of rotatable bonds is 22. The minimum absolute atomic E-state index is 0.376. The Bertz CT molecular complexity index is 2920. The Kier molecular flexibility index (Phi) is 15.4. The van der Waals surface area contributed by atoms with Gasteiger partial charge in [0.15, 0.2) is 0 Å².